The van der Waals surface area contributed by atoms with Crippen LogP contribution < -0.4 is 5.73 Å². The van der Waals surface area contributed by atoms with Gasteiger partial charge in [0.15, 0.2) is 5.65 Å². The molecule has 4 aromatic rings. The molecule has 29 heavy (non-hydrogen) atoms. The van der Waals surface area contributed by atoms with E-state index in [1.165, 1.54) is 6.07 Å². The Morgan fingerprint density at radius 3 is 2.79 bits per heavy atom. The molecule has 0 atom stereocenters. The lowest BCUT2D eigenvalue weighted by molar-refractivity contribution is -0.385. The largest absolute Gasteiger partial charge is 0.368 e. The molecule has 142 valence electrons. The fourth-order valence-corrected chi connectivity index (χ4v) is 3.23. The summed E-state index contributed by atoms with van der Waals surface area (Å²) in [6.45, 7) is 2.12. The molecule has 9 heteroatoms. The smallest absolute Gasteiger partial charge is 0.272 e. The van der Waals surface area contributed by atoms with E-state index in [2.05, 4.69) is 21.0 Å². The summed E-state index contributed by atoms with van der Waals surface area (Å²) in [5.41, 5.74) is 10.3. The van der Waals surface area contributed by atoms with Gasteiger partial charge in [0.1, 0.15) is 11.2 Å². The van der Waals surface area contributed by atoms with Crippen molar-refractivity contribution >= 4 is 22.8 Å². The minimum atomic E-state index is -0.402. The molecule has 0 saturated heterocycles. The van der Waals surface area contributed by atoms with Crippen LogP contribution in [0.4, 0.5) is 11.6 Å². The highest BCUT2D eigenvalue weighted by Crippen LogP contribution is 2.27. The van der Waals surface area contributed by atoms with Crippen LogP contribution in [0.3, 0.4) is 0 Å². The monoisotopic (exact) mass is 385 g/mol. The summed E-state index contributed by atoms with van der Waals surface area (Å²) >= 11 is 0. The van der Waals surface area contributed by atoms with E-state index in [0.29, 0.717) is 34.5 Å². The van der Waals surface area contributed by atoms with E-state index in [9.17, 15) is 10.1 Å². The molecule has 4 rings (SSSR count). The third kappa shape index (κ3) is 3.35. The maximum Gasteiger partial charge on any atom is 0.272 e. The zero-order valence-corrected chi connectivity index (χ0v) is 15.4. The van der Waals surface area contributed by atoms with Crippen LogP contribution in [0.25, 0.3) is 22.4 Å². The van der Waals surface area contributed by atoms with Crippen molar-refractivity contribution in [2.24, 2.45) is 0 Å². The van der Waals surface area contributed by atoms with Crippen LogP contribution in [0.5, 0.6) is 0 Å². The van der Waals surface area contributed by atoms with E-state index in [1.807, 2.05) is 10.6 Å². The number of benzene rings is 2. The van der Waals surface area contributed by atoms with E-state index in [-0.39, 0.29) is 11.6 Å². The Hall–Kier alpha value is -4.32. The van der Waals surface area contributed by atoms with Crippen molar-refractivity contribution in [2.45, 2.75) is 13.5 Å². The molecule has 0 saturated carbocycles. The molecule has 0 aliphatic carbocycles. The number of aromatic nitrogens is 4. The first-order valence-electron chi connectivity index (χ1n) is 8.69. The van der Waals surface area contributed by atoms with Crippen LogP contribution in [0.1, 0.15) is 16.7 Å². The summed E-state index contributed by atoms with van der Waals surface area (Å²) in [7, 11) is 0. The highest BCUT2D eigenvalue weighted by Gasteiger charge is 2.16. The van der Waals surface area contributed by atoms with Gasteiger partial charge in [-0.1, -0.05) is 18.2 Å². The molecule has 0 aliphatic rings. The zero-order chi connectivity index (χ0) is 20.5. The number of aryl methyl sites for hydroxylation is 1. The maximum atomic E-state index is 11.0. The standard InChI is InChI=1S/C20H15N7O2/c1-12-7-14(5-6-16(12)27(28)29)10-26-11-23-18-17(24-20(22)25-19(18)26)15-4-2-3-13(8-15)9-21/h2-8,11H,10H2,1H3,(H2,22,24,25). The van der Waals surface area contributed by atoms with Gasteiger partial charge in [-0.15, -0.1) is 0 Å². The Balaban J connectivity index is 1.78. The van der Waals surface area contributed by atoms with Gasteiger partial charge in [-0.25, -0.2) is 9.97 Å². The fourth-order valence-electron chi connectivity index (χ4n) is 3.23. The summed E-state index contributed by atoms with van der Waals surface area (Å²) in [5, 5.41) is 20.2. The van der Waals surface area contributed by atoms with E-state index >= 15 is 0 Å². The van der Waals surface area contributed by atoms with Crippen LogP contribution in [0.2, 0.25) is 0 Å². The number of nitro benzene ring substituents is 1. The number of fused-ring (bicyclic) bond motifs is 1. The molecular weight excluding hydrogens is 370 g/mol. The third-order valence-corrected chi connectivity index (χ3v) is 4.56. The normalized spacial score (nSPS) is 10.8. The Morgan fingerprint density at radius 1 is 1.24 bits per heavy atom. The zero-order valence-electron chi connectivity index (χ0n) is 15.4. The molecule has 0 fully saturated rings. The van der Waals surface area contributed by atoms with Crippen molar-refractivity contribution in [3.8, 4) is 17.3 Å². The number of imidazole rings is 1. The number of nitrogens with two attached hydrogens (primary N) is 1. The lowest BCUT2D eigenvalue weighted by Crippen LogP contribution is -2.04. The topological polar surface area (TPSA) is 137 Å². The quantitative estimate of drug-likeness (QED) is 0.420. The number of nitrogens with zero attached hydrogens (tertiary/aromatic N) is 6. The van der Waals surface area contributed by atoms with Gasteiger partial charge in [-0.2, -0.15) is 10.2 Å². The van der Waals surface area contributed by atoms with E-state index in [1.54, 1.807) is 43.6 Å². The second-order valence-corrected chi connectivity index (χ2v) is 6.55. The van der Waals surface area contributed by atoms with Crippen molar-refractivity contribution in [1.82, 2.24) is 19.5 Å². The van der Waals surface area contributed by atoms with Gasteiger partial charge < -0.3 is 10.3 Å². The average Bonchev–Trinajstić information content (AvgIpc) is 3.09. The molecule has 2 aromatic heterocycles. The predicted molar refractivity (Wildman–Crippen MR) is 107 cm³/mol. The summed E-state index contributed by atoms with van der Waals surface area (Å²) < 4.78 is 1.81. The second-order valence-electron chi connectivity index (χ2n) is 6.55. The van der Waals surface area contributed by atoms with Crippen molar-refractivity contribution in [2.75, 3.05) is 5.73 Å². The number of nitriles is 1. The number of nitro groups is 1. The Bertz CT molecular complexity index is 1300. The SMILES string of the molecule is Cc1cc(Cn2cnc3c(-c4cccc(C#N)c4)nc(N)nc32)ccc1[N+](=O)[O-]. The Kier molecular flexibility index (Phi) is 4.37. The molecule has 0 unspecified atom stereocenters. The molecule has 2 N–H and O–H groups in total. The van der Waals surface area contributed by atoms with Crippen LogP contribution in [-0.4, -0.2) is 24.4 Å². The Labute approximate surface area is 165 Å². The van der Waals surface area contributed by atoms with Crippen molar-refractivity contribution in [3.05, 3.63) is 75.6 Å². The number of hydrogen-bond donors (Lipinski definition) is 1. The molecule has 2 aromatic carbocycles. The molecule has 0 spiro atoms. The van der Waals surface area contributed by atoms with Gasteiger partial charge in [0, 0.05) is 17.2 Å². The van der Waals surface area contributed by atoms with Gasteiger partial charge >= 0.3 is 0 Å². The van der Waals surface area contributed by atoms with Crippen LogP contribution in [-0.2, 0) is 6.54 Å². The van der Waals surface area contributed by atoms with Crippen LogP contribution >= 0.6 is 0 Å². The molecular formula is C20H15N7O2. The summed E-state index contributed by atoms with van der Waals surface area (Å²) in [6, 6.07) is 14.1. The van der Waals surface area contributed by atoms with Gasteiger partial charge in [-0.3, -0.25) is 10.1 Å². The van der Waals surface area contributed by atoms with E-state index in [0.717, 1.165) is 11.1 Å². The summed E-state index contributed by atoms with van der Waals surface area (Å²) in [4.78, 5) is 23.7. The molecule has 0 radical (unpaired) electrons. The third-order valence-electron chi connectivity index (χ3n) is 4.56. The average molecular weight is 385 g/mol. The number of anilines is 1. The molecule has 2 heterocycles. The van der Waals surface area contributed by atoms with Crippen molar-refractivity contribution in [3.63, 3.8) is 0 Å². The minimum absolute atomic E-state index is 0.0791. The Morgan fingerprint density at radius 2 is 2.07 bits per heavy atom. The summed E-state index contributed by atoms with van der Waals surface area (Å²) in [5.74, 6) is 0.0940. The highest BCUT2D eigenvalue weighted by atomic mass is 16.6. The maximum absolute atomic E-state index is 11.0. The van der Waals surface area contributed by atoms with Crippen LogP contribution in [0, 0.1) is 28.4 Å². The molecule has 0 bridgehead atoms. The first-order chi connectivity index (χ1) is 14.0. The summed E-state index contributed by atoms with van der Waals surface area (Å²) in [6.07, 6.45) is 1.63. The van der Waals surface area contributed by atoms with E-state index in [4.69, 9.17) is 11.0 Å². The minimum Gasteiger partial charge on any atom is -0.368 e. The van der Waals surface area contributed by atoms with Gasteiger partial charge in [0.25, 0.3) is 5.69 Å². The lowest BCUT2D eigenvalue weighted by atomic mass is 10.1. The van der Waals surface area contributed by atoms with Gasteiger partial charge in [0.05, 0.1) is 29.4 Å². The molecule has 0 amide bonds. The molecule has 0 aliphatic heterocycles. The molecule has 9 nitrogen and oxygen atoms in total. The second kappa shape index (κ2) is 7.01. The first-order valence-corrected chi connectivity index (χ1v) is 8.69. The number of rotatable bonds is 4. The highest BCUT2D eigenvalue weighted by molar-refractivity contribution is 5.88. The fraction of sp³-hybridized carbons (Fsp3) is 0.100. The lowest BCUT2D eigenvalue weighted by Gasteiger charge is -2.07. The van der Waals surface area contributed by atoms with Gasteiger partial charge in [0.2, 0.25) is 5.95 Å². The van der Waals surface area contributed by atoms with Crippen molar-refractivity contribution in [1.29, 1.82) is 5.26 Å². The van der Waals surface area contributed by atoms with Crippen LogP contribution in [0.15, 0.2) is 48.8 Å². The number of hydrogen-bond acceptors (Lipinski definition) is 7. The predicted octanol–water partition coefficient (Wildman–Crippen LogP) is 3.21. The van der Waals surface area contributed by atoms with E-state index < -0.39 is 4.92 Å². The number of nitrogen functional groups attached to an aromatic ring is 1. The van der Waals surface area contributed by atoms with Crippen molar-refractivity contribution < 1.29 is 4.92 Å². The first kappa shape index (κ1) is 18.1. The van der Waals surface area contributed by atoms with Gasteiger partial charge in [-0.05, 0) is 30.7 Å².